The fraction of sp³-hybridized carbons (Fsp3) is 0.233. The first-order chi connectivity index (χ1) is 18.6. The van der Waals surface area contributed by atoms with Crippen molar-refractivity contribution in [3.8, 4) is 11.1 Å². The minimum atomic E-state index is -4.19. The number of anilines is 3. The van der Waals surface area contributed by atoms with Gasteiger partial charge in [-0.1, -0.05) is 55.5 Å². The third-order valence-electron chi connectivity index (χ3n) is 7.02. The van der Waals surface area contributed by atoms with E-state index in [0.29, 0.717) is 18.3 Å². The van der Waals surface area contributed by atoms with Crippen LogP contribution in [0.15, 0.2) is 95.0 Å². The minimum Gasteiger partial charge on any atom is -0.365 e. The Morgan fingerprint density at radius 1 is 0.974 bits per heavy atom. The molecule has 3 heterocycles. The molecule has 0 spiro atoms. The van der Waals surface area contributed by atoms with Crippen molar-refractivity contribution in [1.82, 2.24) is 9.97 Å². The number of hydrogen-bond donors (Lipinski definition) is 2. The Labute approximate surface area is 228 Å². The molecule has 1 atom stereocenters. The summed E-state index contributed by atoms with van der Waals surface area (Å²) in [4.78, 5) is 23.2. The molecule has 1 amide bonds. The number of sulfone groups is 1. The fourth-order valence-corrected chi connectivity index (χ4v) is 6.73. The summed E-state index contributed by atoms with van der Waals surface area (Å²) in [5, 5.41) is 2.98. The van der Waals surface area contributed by atoms with Crippen molar-refractivity contribution in [3.05, 3.63) is 90.6 Å². The molecule has 1 saturated heterocycles. The van der Waals surface area contributed by atoms with Gasteiger partial charge in [-0.15, -0.1) is 0 Å². The molecule has 1 fully saturated rings. The number of pyridine rings is 2. The first-order valence-corrected chi connectivity index (χ1v) is 14.3. The molecule has 0 saturated carbocycles. The second-order valence-electron chi connectivity index (χ2n) is 10.5. The van der Waals surface area contributed by atoms with E-state index in [4.69, 9.17) is 5.73 Å². The lowest BCUT2D eigenvalue weighted by Gasteiger charge is -2.33. The predicted molar refractivity (Wildman–Crippen MR) is 153 cm³/mol. The second kappa shape index (κ2) is 10.1. The molecule has 39 heavy (non-hydrogen) atoms. The summed E-state index contributed by atoms with van der Waals surface area (Å²) in [6.07, 6.45) is 2.29. The maximum atomic E-state index is 13.8. The van der Waals surface area contributed by atoms with Gasteiger partial charge in [0, 0.05) is 24.0 Å². The van der Waals surface area contributed by atoms with Crippen LogP contribution in [0.1, 0.15) is 37.6 Å². The van der Waals surface area contributed by atoms with E-state index < -0.39 is 15.7 Å². The van der Waals surface area contributed by atoms with Crippen LogP contribution in [0.4, 0.5) is 17.3 Å². The van der Waals surface area contributed by atoms with Crippen molar-refractivity contribution in [2.45, 2.75) is 42.7 Å². The van der Waals surface area contributed by atoms with E-state index in [1.807, 2.05) is 73.3 Å². The third-order valence-corrected chi connectivity index (χ3v) is 8.72. The van der Waals surface area contributed by atoms with Crippen LogP contribution in [-0.4, -0.2) is 36.4 Å². The second-order valence-corrected chi connectivity index (χ2v) is 12.4. The Morgan fingerprint density at radius 2 is 1.67 bits per heavy atom. The number of primary amides is 1. The number of nitrogens with zero attached hydrogens (tertiary/aromatic N) is 3. The number of rotatable bonds is 7. The normalized spacial score (nSPS) is 16.7. The zero-order valence-corrected chi connectivity index (χ0v) is 22.9. The molecule has 3 N–H and O–H groups in total. The highest BCUT2D eigenvalue weighted by molar-refractivity contribution is 7.91. The summed E-state index contributed by atoms with van der Waals surface area (Å²) in [6, 6.07) is 23.8. The molecule has 5 rings (SSSR count). The van der Waals surface area contributed by atoms with Crippen LogP contribution in [0, 0.1) is 5.92 Å². The number of hydrogen-bond acceptors (Lipinski definition) is 7. The summed E-state index contributed by atoms with van der Waals surface area (Å²) < 4.78 is 27.6. The van der Waals surface area contributed by atoms with E-state index in [9.17, 15) is 13.2 Å². The molecule has 0 aliphatic carbocycles. The van der Waals surface area contributed by atoms with Crippen molar-refractivity contribution in [3.63, 3.8) is 0 Å². The van der Waals surface area contributed by atoms with Gasteiger partial charge in [-0.3, -0.25) is 4.79 Å². The van der Waals surface area contributed by atoms with Gasteiger partial charge in [-0.25, -0.2) is 18.4 Å². The highest BCUT2D eigenvalue weighted by Crippen LogP contribution is 2.39. The topological polar surface area (TPSA) is 118 Å². The van der Waals surface area contributed by atoms with Gasteiger partial charge in [-0.2, -0.15) is 0 Å². The monoisotopic (exact) mass is 541 g/mol. The molecule has 8 nitrogen and oxygen atoms in total. The largest absolute Gasteiger partial charge is 0.365 e. The molecule has 0 radical (unpaired) electrons. The van der Waals surface area contributed by atoms with Crippen LogP contribution in [-0.2, 0) is 9.84 Å². The lowest BCUT2D eigenvalue weighted by Crippen LogP contribution is -2.40. The molecule has 2 aromatic carbocycles. The summed E-state index contributed by atoms with van der Waals surface area (Å²) >= 11 is 0. The van der Waals surface area contributed by atoms with Gasteiger partial charge in [0.25, 0.3) is 5.91 Å². The van der Waals surface area contributed by atoms with Crippen molar-refractivity contribution < 1.29 is 13.2 Å². The lowest BCUT2D eigenvalue weighted by atomic mass is 9.97. The Bertz CT molecular complexity index is 1620. The lowest BCUT2D eigenvalue weighted by molar-refractivity contribution is 0.0997. The third kappa shape index (κ3) is 5.22. The number of aromatic nitrogens is 2. The number of carbonyl (C=O) groups is 1. The van der Waals surface area contributed by atoms with E-state index in [1.54, 1.807) is 12.1 Å². The molecule has 200 valence electrons. The van der Waals surface area contributed by atoms with Crippen LogP contribution in [0.25, 0.3) is 11.1 Å². The highest BCUT2D eigenvalue weighted by Gasteiger charge is 2.40. The van der Waals surface area contributed by atoms with Crippen LogP contribution < -0.4 is 16.0 Å². The highest BCUT2D eigenvalue weighted by atomic mass is 32.2. The zero-order valence-electron chi connectivity index (χ0n) is 22.1. The van der Waals surface area contributed by atoms with Crippen LogP contribution in [0.2, 0.25) is 0 Å². The average molecular weight is 542 g/mol. The van der Waals surface area contributed by atoms with Crippen molar-refractivity contribution in [2.24, 2.45) is 11.7 Å². The molecule has 1 aliphatic heterocycles. The van der Waals surface area contributed by atoms with Gasteiger partial charge in [0.15, 0.2) is 5.03 Å². The number of amides is 1. The molecule has 4 aromatic rings. The van der Waals surface area contributed by atoms with Crippen LogP contribution in [0.3, 0.4) is 0 Å². The van der Waals surface area contributed by atoms with Gasteiger partial charge >= 0.3 is 0 Å². The summed E-state index contributed by atoms with van der Waals surface area (Å²) in [7, 11) is -4.19. The first kappa shape index (κ1) is 26.4. The average Bonchev–Trinajstić information content (AvgIpc) is 3.20. The van der Waals surface area contributed by atoms with Gasteiger partial charge < -0.3 is 16.0 Å². The molecule has 2 aromatic heterocycles. The number of benzene rings is 2. The van der Waals surface area contributed by atoms with Gasteiger partial charge in [0.1, 0.15) is 17.2 Å². The van der Waals surface area contributed by atoms with E-state index in [2.05, 4.69) is 22.2 Å². The predicted octanol–water partition coefficient (Wildman–Crippen LogP) is 5.44. The smallest absolute Gasteiger partial charge is 0.253 e. The zero-order chi connectivity index (χ0) is 27.8. The SMILES string of the molecule is CC1CN(c2nccc(S(=O)(=O)c3cccc(Nc4ccc(-c5ccccc5)cc4)n3)c2C(N)=O)C(C)(C)C1. The molecular weight excluding hydrogens is 510 g/mol. The minimum absolute atomic E-state index is 0.115. The van der Waals surface area contributed by atoms with Gasteiger partial charge in [-0.05, 0) is 67.6 Å². The summed E-state index contributed by atoms with van der Waals surface area (Å²) in [5.41, 5.74) is 8.26. The Hall–Kier alpha value is -4.24. The quantitative estimate of drug-likeness (QED) is 0.320. The molecular formula is C30H31N5O3S. The van der Waals surface area contributed by atoms with Gasteiger partial charge in [0.05, 0.1) is 4.90 Å². The Kier molecular flexibility index (Phi) is 6.86. The molecule has 9 heteroatoms. The molecule has 1 unspecified atom stereocenters. The van der Waals surface area contributed by atoms with Crippen molar-refractivity contribution in [2.75, 3.05) is 16.8 Å². The standard InChI is InChI=1S/C30H31N5O3S/c1-20-18-30(2,3)35(19-20)29-27(28(31)36)24(16-17-32-29)39(37,38)26-11-7-10-25(34-26)33-23-14-12-22(13-15-23)21-8-5-4-6-9-21/h4-17,20H,18-19H2,1-3H3,(H2,31,36)(H,33,34). The fourth-order valence-electron chi connectivity index (χ4n) is 5.32. The number of carbonyl (C=O) groups excluding carboxylic acids is 1. The Balaban J connectivity index is 1.47. The maximum absolute atomic E-state index is 13.8. The number of nitrogens with one attached hydrogen (secondary N) is 1. The van der Waals surface area contributed by atoms with E-state index >= 15 is 0 Å². The van der Waals surface area contributed by atoms with E-state index in [0.717, 1.165) is 23.2 Å². The first-order valence-electron chi connectivity index (χ1n) is 12.8. The van der Waals surface area contributed by atoms with E-state index in [-0.39, 0.29) is 26.8 Å². The van der Waals surface area contributed by atoms with Crippen molar-refractivity contribution in [1.29, 1.82) is 0 Å². The Morgan fingerprint density at radius 3 is 2.31 bits per heavy atom. The van der Waals surface area contributed by atoms with Crippen molar-refractivity contribution >= 4 is 33.1 Å². The van der Waals surface area contributed by atoms with Crippen LogP contribution in [0.5, 0.6) is 0 Å². The number of nitrogens with two attached hydrogens (primary N) is 1. The maximum Gasteiger partial charge on any atom is 0.253 e. The van der Waals surface area contributed by atoms with Gasteiger partial charge in [0.2, 0.25) is 9.84 Å². The molecule has 1 aliphatic rings. The molecule has 0 bridgehead atoms. The summed E-state index contributed by atoms with van der Waals surface area (Å²) in [5.74, 6) is 0.146. The van der Waals surface area contributed by atoms with E-state index in [1.165, 1.54) is 18.3 Å². The summed E-state index contributed by atoms with van der Waals surface area (Å²) in [6.45, 7) is 6.86. The van der Waals surface area contributed by atoms with Crippen LogP contribution >= 0.6 is 0 Å².